The summed E-state index contributed by atoms with van der Waals surface area (Å²) in [5, 5.41) is 11.5. The van der Waals surface area contributed by atoms with Gasteiger partial charge in [0.2, 0.25) is 5.16 Å². The molecule has 0 saturated heterocycles. The molecule has 4 rings (SSSR count). The van der Waals surface area contributed by atoms with Gasteiger partial charge in [0.15, 0.2) is 5.65 Å². The Morgan fingerprint density at radius 1 is 1.08 bits per heavy atom. The molecule has 0 unspecified atom stereocenters. The van der Waals surface area contributed by atoms with E-state index in [1.165, 1.54) is 17.3 Å². The summed E-state index contributed by atoms with van der Waals surface area (Å²) in [4.78, 5) is 7.85. The Morgan fingerprint density at radius 2 is 1.88 bits per heavy atom. The van der Waals surface area contributed by atoms with E-state index in [0.29, 0.717) is 21.0 Å². The zero-order chi connectivity index (χ0) is 16.7. The number of hydrogen-bond acceptors (Lipinski definition) is 4. The molecule has 0 aliphatic rings. The molecule has 120 valence electrons. The molecule has 0 saturated carbocycles. The summed E-state index contributed by atoms with van der Waals surface area (Å²) in [5.74, 6) is 0.588. The van der Waals surface area contributed by atoms with Crippen molar-refractivity contribution in [1.82, 2.24) is 20.2 Å². The van der Waals surface area contributed by atoms with E-state index < -0.39 is 0 Å². The lowest BCUT2D eigenvalue weighted by molar-refractivity contribution is 0.878. The molecule has 0 radical (unpaired) electrons. The van der Waals surface area contributed by atoms with Crippen LogP contribution in [0.15, 0.2) is 41.6 Å². The van der Waals surface area contributed by atoms with Crippen molar-refractivity contribution in [3.8, 4) is 0 Å². The molecule has 24 heavy (non-hydrogen) atoms. The minimum atomic E-state index is 0.585. The van der Waals surface area contributed by atoms with Crippen molar-refractivity contribution in [2.45, 2.75) is 17.8 Å². The maximum Gasteiger partial charge on any atom is 0.211 e. The number of fused-ring (bicyclic) bond motifs is 3. The Labute approximate surface area is 152 Å². The molecule has 4 nitrogen and oxygen atoms in total. The van der Waals surface area contributed by atoms with Crippen molar-refractivity contribution in [2.24, 2.45) is 0 Å². The van der Waals surface area contributed by atoms with Crippen LogP contribution < -0.4 is 0 Å². The van der Waals surface area contributed by atoms with Crippen molar-refractivity contribution in [2.75, 3.05) is 0 Å². The first-order valence-electron chi connectivity index (χ1n) is 7.30. The third-order valence-corrected chi connectivity index (χ3v) is 5.33. The molecule has 0 atom stereocenters. The van der Waals surface area contributed by atoms with Gasteiger partial charge in [-0.3, -0.25) is 0 Å². The number of H-pyrrole nitrogens is 1. The quantitative estimate of drug-likeness (QED) is 0.486. The highest BCUT2D eigenvalue weighted by atomic mass is 35.5. The first kappa shape index (κ1) is 15.7. The predicted molar refractivity (Wildman–Crippen MR) is 99.9 cm³/mol. The molecule has 0 amide bonds. The number of aromatic amines is 1. The Kier molecular flexibility index (Phi) is 4.08. The number of aromatic nitrogens is 4. The van der Waals surface area contributed by atoms with E-state index >= 15 is 0 Å². The first-order chi connectivity index (χ1) is 11.6. The van der Waals surface area contributed by atoms with Crippen LogP contribution in [-0.2, 0) is 5.75 Å². The average molecular weight is 375 g/mol. The number of thioether (sulfide) groups is 1. The minimum Gasteiger partial charge on any atom is -0.338 e. The van der Waals surface area contributed by atoms with Crippen LogP contribution in [0.1, 0.15) is 11.1 Å². The Hall–Kier alpha value is -1.82. The third-order valence-electron chi connectivity index (χ3n) is 3.76. The molecule has 2 aromatic heterocycles. The molecular weight excluding hydrogens is 363 g/mol. The molecule has 0 aliphatic carbocycles. The molecule has 0 aliphatic heterocycles. The zero-order valence-electron chi connectivity index (χ0n) is 12.7. The Bertz CT molecular complexity index is 1040. The summed E-state index contributed by atoms with van der Waals surface area (Å²) in [6.07, 6.45) is 0. The van der Waals surface area contributed by atoms with E-state index in [0.717, 1.165) is 27.6 Å². The summed E-state index contributed by atoms with van der Waals surface area (Å²) in [5.41, 5.74) is 4.58. The minimum absolute atomic E-state index is 0.585. The van der Waals surface area contributed by atoms with Gasteiger partial charge in [0.05, 0.1) is 0 Å². The number of nitrogens with one attached hydrogen (secondary N) is 1. The van der Waals surface area contributed by atoms with Gasteiger partial charge in [0.1, 0.15) is 5.52 Å². The van der Waals surface area contributed by atoms with Gasteiger partial charge in [-0.25, -0.2) is 4.98 Å². The van der Waals surface area contributed by atoms with E-state index in [1.54, 1.807) is 0 Å². The van der Waals surface area contributed by atoms with Gasteiger partial charge in [0.25, 0.3) is 0 Å². The van der Waals surface area contributed by atoms with Crippen molar-refractivity contribution >= 4 is 57.0 Å². The van der Waals surface area contributed by atoms with Gasteiger partial charge in [-0.2, -0.15) is 0 Å². The normalized spacial score (nSPS) is 11.5. The monoisotopic (exact) mass is 374 g/mol. The molecule has 2 heterocycles. The fraction of sp³-hybridized carbons (Fsp3) is 0.118. The largest absolute Gasteiger partial charge is 0.338 e. The fourth-order valence-electron chi connectivity index (χ4n) is 2.54. The predicted octanol–water partition coefficient (Wildman–Crippen LogP) is 5.41. The van der Waals surface area contributed by atoms with E-state index in [1.807, 2.05) is 24.3 Å². The molecule has 7 heteroatoms. The molecule has 1 N–H and O–H groups in total. The van der Waals surface area contributed by atoms with Crippen molar-refractivity contribution in [3.05, 3.63) is 57.6 Å². The smallest absolute Gasteiger partial charge is 0.211 e. The maximum absolute atomic E-state index is 6.20. The van der Waals surface area contributed by atoms with Crippen molar-refractivity contribution < 1.29 is 0 Å². The average Bonchev–Trinajstić information content (AvgIpc) is 2.91. The van der Waals surface area contributed by atoms with Crippen LogP contribution in [-0.4, -0.2) is 20.2 Å². The van der Waals surface area contributed by atoms with Crippen molar-refractivity contribution in [3.63, 3.8) is 0 Å². The summed E-state index contributed by atoms with van der Waals surface area (Å²) in [6, 6.07) is 11.7. The third kappa shape index (κ3) is 2.83. The van der Waals surface area contributed by atoms with Crippen LogP contribution in [0.5, 0.6) is 0 Å². The zero-order valence-corrected chi connectivity index (χ0v) is 15.0. The van der Waals surface area contributed by atoms with Crippen LogP contribution >= 0.6 is 35.0 Å². The highest BCUT2D eigenvalue weighted by molar-refractivity contribution is 7.98. The van der Waals surface area contributed by atoms with Gasteiger partial charge in [0, 0.05) is 26.7 Å². The second kappa shape index (κ2) is 6.24. The SMILES string of the molecule is Cc1ccc2[nH]c3nc(SCc4c(Cl)cccc4Cl)nnc3c2c1. The Balaban J connectivity index is 1.67. The Morgan fingerprint density at radius 3 is 2.67 bits per heavy atom. The number of rotatable bonds is 3. The molecule has 0 bridgehead atoms. The van der Waals surface area contributed by atoms with Crippen LogP contribution in [0.2, 0.25) is 10.0 Å². The van der Waals surface area contributed by atoms with Gasteiger partial charge in [-0.05, 0) is 36.8 Å². The number of benzene rings is 2. The number of hydrogen-bond donors (Lipinski definition) is 1. The number of nitrogens with zero attached hydrogens (tertiary/aromatic N) is 3. The van der Waals surface area contributed by atoms with Gasteiger partial charge < -0.3 is 4.98 Å². The van der Waals surface area contributed by atoms with Gasteiger partial charge >= 0.3 is 0 Å². The van der Waals surface area contributed by atoms with Gasteiger partial charge in [-0.1, -0.05) is 52.7 Å². The van der Waals surface area contributed by atoms with E-state index in [9.17, 15) is 0 Å². The fourth-order valence-corrected chi connectivity index (χ4v) is 4.07. The van der Waals surface area contributed by atoms with Crippen LogP contribution in [0.3, 0.4) is 0 Å². The maximum atomic E-state index is 6.20. The lowest BCUT2D eigenvalue weighted by Crippen LogP contribution is -1.93. The summed E-state index contributed by atoms with van der Waals surface area (Å²) in [6.45, 7) is 2.05. The number of aryl methyl sites for hydroxylation is 1. The summed E-state index contributed by atoms with van der Waals surface area (Å²) in [7, 11) is 0. The first-order valence-corrected chi connectivity index (χ1v) is 9.04. The van der Waals surface area contributed by atoms with E-state index in [4.69, 9.17) is 23.2 Å². The highest BCUT2D eigenvalue weighted by Crippen LogP contribution is 2.31. The molecule has 4 aromatic rings. The summed E-state index contributed by atoms with van der Waals surface area (Å²) >= 11 is 13.9. The highest BCUT2D eigenvalue weighted by Gasteiger charge is 2.11. The van der Waals surface area contributed by atoms with Crippen LogP contribution in [0.4, 0.5) is 0 Å². The van der Waals surface area contributed by atoms with E-state index in [-0.39, 0.29) is 0 Å². The lowest BCUT2D eigenvalue weighted by atomic mass is 10.2. The van der Waals surface area contributed by atoms with Crippen LogP contribution in [0, 0.1) is 6.92 Å². The van der Waals surface area contributed by atoms with E-state index in [2.05, 4.69) is 39.2 Å². The number of halogens is 2. The second-order valence-corrected chi connectivity index (χ2v) is 7.21. The second-order valence-electron chi connectivity index (χ2n) is 5.45. The standard InChI is InChI=1S/C17H12Cl2N4S/c1-9-5-6-14-10(7-9)15-16(20-14)21-17(23-22-15)24-8-11-12(18)3-2-4-13(11)19/h2-7H,8H2,1H3,(H,20,21,23). The van der Waals surface area contributed by atoms with Crippen LogP contribution in [0.25, 0.3) is 22.1 Å². The molecular formula is C17H12Cl2N4S. The van der Waals surface area contributed by atoms with Crippen molar-refractivity contribution in [1.29, 1.82) is 0 Å². The molecule has 2 aromatic carbocycles. The topological polar surface area (TPSA) is 54.5 Å². The molecule has 0 fully saturated rings. The van der Waals surface area contributed by atoms with Gasteiger partial charge in [-0.15, -0.1) is 10.2 Å². The lowest BCUT2D eigenvalue weighted by Gasteiger charge is -2.05. The molecule has 0 spiro atoms. The summed E-state index contributed by atoms with van der Waals surface area (Å²) < 4.78 is 0.